The highest BCUT2D eigenvalue weighted by Crippen LogP contribution is 2.40. The Morgan fingerprint density at radius 2 is 2.08 bits per heavy atom. The number of fused-ring (bicyclic) bond motifs is 1. The molecule has 1 saturated carbocycles. The second kappa shape index (κ2) is 7.28. The molecule has 1 aliphatic carbocycles. The number of halogens is 2. The number of nitrogens with one attached hydrogen (secondary N) is 1. The third-order valence-corrected chi connectivity index (χ3v) is 6.51. The fourth-order valence-electron chi connectivity index (χ4n) is 3.45. The van der Waals surface area contributed by atoms with E-state index in [2.05, 4.69) is 16.8 Å². The molecule has 3 nitrogen and oxygen atoms in total. The van der Waals surface area contributed by atoms with Crippen molar-refractivity contribution >= 4 is 40.4 Å². The van der Waals surface area contributed by atoms with Crippen molar-refractivity contribution in [2.45, 2.75) is 25.3 Å². The highest BCUT2D eigenvalue weighted by atomic mass is 35.5. The highest BCUT2D eigenvalue weighted by Gasteiger charge is 2.34. The van der Waals surface area contributed by atoms with Crippen LogP contribution in [-0.2, 0) is 11.2 Å². The SMILES string of the molecule is O=C(CNCC1CC1)N1CCc2sccc2C1c1ccc(Cl)cc1Cl. The Labute approximate surface area is 161 Å². The van der Waals surface area contributed by atoms with Crippen molar-refractivity contribution in [3.8, 4) is 0 Å². The first kappa shape index (κ1) is 17.3. The van der Waals surface area contributed by atoms with Gasteiger partial charge in [0.25, 0.3) is 0 Å². The van der Waals surface area contributed by atoms with Crippen LogP contribution in [0.3, 0.4) is 0 Å². The zero-order chi connectivity index (χ0) is 17.4. The molecule has 25 heavy (non-hydrogen) atoms. The van der Waals surface area contributed by atoms with Crippen molar-refractivity contribution in [1.82, 2.24) is 10.2 Å². The molecule has 0 spiro atoms. The average molecular weight is 395 g/mol. The maximum atomic E-state index is 12.9. The van der Waals surface area contributed by atoms with E-state index in [1.54, 1.807) is 17.4 Å². The van der Waals surface area contributed by atoms with Crippen LogP contribution in [0.2, 0.25) is 10.0 Å². The standard InChI is InChI=1S/C19H20Cl2N2OS/c20-13-3-4-14(16(21)9-13)19-15-6-8-25-17(15)5-7-23(19)18(24)11-22-10-12-1-2-12/h3-4,6,8-9,12,19,22H,1-2,5,7,10-11H2. The molecule has 0 bridgehead atoms. The Balaban J connectivity index is 1.61. The van der Waals surface area contributed by atoms with Crippen LogP contribution in [0.5, 0.6) is 0 Å². The van der Waals surface area contributed by atoms with Crippen molar-refractivity contribution in [1.29, 1.82) is 0 Å². The van der Waals surface area contributed by atoms with Gasteiger partial charge in [-0.15, -0.1) is 11.3 Å². The normalized spacial score (nSPS) is 19.8. The monoisotopic (exact) mass is 394 g/mol. The zero-order valence-corrected chi connectivity index (χ0v) is 16.1. The molecular weight excluding hydrogens is 375 g/mol. The van der Waals surface area contributed by atoms with Gasteiger partial charge in [-0.05, 0) is 66.4 Å². The van der Waals surface area contributed by atoms with E-state index in [-0.39, 0.29) is 11.9 Å². The summed E-state index contributed by atoms with van der Waals surface area (Å²) in [5.41, 5.74) is 2.14. The molecule has 1 aliphatic heterocycles. The molecule has 1 unspecified atom stereocenters. The minimum Gasteiger partial charge on any atom is -0.330 e. The van der Waals surface area contributed by atoms with Crippen molar-refractivity contribution in [2.75, 3.05) is 19.6 Å². The molecule has 2 heterocycles. The third kappa shape index (κ3) is 3.72. The number of nitrogens with zero attached hydrogens (tertiary/aromatic N) is 1. The van der Waals surface area contributed by atoms with Crippen molar-refractivity contribution < 1.29 is 4.79 Å². The maximum Gasteiger partial charge on any atom is 0.237 e. The highest BCUT2D eigenvalue weighted by molar-refractivity contribution is 7.10. The lowest BCUT2D eigenvalue weighted by Crippen LogP contribution is -2.44. The summed E-state index contributed by atoms with van der Waals surface area (Å²) in [7, 11) is 0. The predicted octanol–water partition coefficient (Wildman–Crippen LogP) is 4.53. The van der Waals surface area contributed by atoms with E-state index in [4.69, 9.17) is 23.2 Å². The van der Waals surface area contributed by atoms with Crippen LogP contribution in [0, 0.1) is 5.92 Å². The fraction of sp³-hybridized carbons (Fsp3) is 0.421. The molecule has 132 valence electrons. The summed E-state index contributed by atoms with van der Waals surface area (Å²) < 4.78 is 0. The molecule has 1 fully saturated rings. The summed E-state index contributed by atoms with van der Waals surface area (Å²) in [6, 6.07) is 7.53. The fourth-order valence-corrected chi connectivity index (χ4v) is 4.87. The Morgan fingerprint density at radius 3 is 2.84 bits per heavy atom. The van der Waals surface area contributed by atoms with Gasteiger partial charge in [-0.2, -0.15) is 0 Å². The molecule has 6 heteroatoms. The second-order valence-electron chi connectivity index (χ2n) is 6.78. The second-order valence-corrected chi connectivity index (χ2v) is 8.62. The first-order valence-corrected chi connectivity index (χ1v) is 10.3. The average Bonchev–Trinajstić information content (AvgIpc) is 3.28. The van der Waals surface area contributed by atoms with Gasteiger partial charge in [0.1, 0.15) is 0 Å². The van der Waals surface area contributed by atoms with Gasteiger partial charge in [-0.1, -0.05) is 29.3 Å². The number of amides is 1. The first-order valence-electron chi connectivity index (χ1n) is 8.65. The molecule has 1 aromatic carbocycles. The van der Waals surface area contributed by atoms with E-state index in [1.807, 2.05) is 17.0 Å². The van der Waals surface area contributed by atoms with E-state index in [9.17, 15) is 4.79 Å². The number of carbonyl (C=O) groups is 1. The number of carbonyl (C=O) groups excluding carboxylic acids is 1. The van der Waals surface area contributed by atoms with Gasteiger partial charge in [0.05, 0.1) is 12.6 Å². The van der Waals surface area contributed by atoms with Gasteiger partial charge in [0, 0.05) is 21.5 Å². The molecule has 1 aromatic heterocycles. The number of hydrogen-bond acceptors (Lipinski definition) is 3. The van der Waals surface area contributed by atoms with E-state index in [1.165, 1.54) is 23.3 Å². The Bertz CT molecular complexity index is 787. The number of rotatable bonds is 5. The smallest absolute Gasteiger partial charge is 0.237 e. The van der Waals surface area contributed by atoms with Crippen molar-refractivity contribution in [3.05, 3.63) is 55.7 Å². The molecule has 2 aromatic rings. The molecule has 1 atom stereocenters. The molecular formula is C19H20Cl2N2OS. The molecule has 0 saturated heterocycles. The summed E-state index contributed by atoms with van der Waals surface area (Å²) in [6.07, 6.45) is 3.47. The van der Waals surface area contributed by atoms with Crippen LogP contribution in [-0.4, -0.2) is 30.4 Å². The van der Waals surface area contributed by atoms with Crippen molar-refractivity contribution in [3.63, 3.8) is 0 Å². The Morgan fingerprint density at radius 1 is 1.24 bits per heavy atom. The predicted molar refractivity (Wildman–Crippen MR) is 104 cm³/mol. The topological polar surface area (TPSA) is 32.3 Å². The molecule has 2 aliphatic rings. The quantitative estimate of drug-likeness (QED) is 0.807. The summed E-state index contributed by atoms with van der Waals surface area (Å²) in [5.74, 6) is 0.896. The van der Waals surface area contributed by atoms with Gasteiger partial charge >= 0.3 is 0 Å². The van der Waals surface area contributed by atoms with Gasteiger partial charge in [0.15, 0.2) is 0 Å². The first-order chi connectivity index (χ1) is 12.1. The summed E-state index contributed by atoms with van der Waals surface area (Å²) in [5, 5.41) is 6.63. The summed E-state index contributed by atoms with van der Waals surface area (Å²) >= 11 is 14.3. The van der Waals surface area contributed by atoms with Crippen LogP contribution in [0.15, 0.2) is 29.6 Å². The number of benzene rings is 1. The van der Waals surface area contributed by atoms with E-state index >= 15 is 0 Å². The van der Waals surface area contributed by atoms with E-state index < -0.39 is 0 Å². The number of thiophene rings is 1. The van der Waals surface area contributed by atoms with Gasteiger partial charge in [0.2, 0.25) is 5.91 Å². The van der Waals surface area contributed by atoms with Crippen molar-refractivity contribution in [2.24, 2.45) is 5.92 Å². The lowest BCUT2D eigenvalue weighted by molar-refractivity contribution is -0.132. The van der Waals surface area contributed by atoms with Crippen LogP contribution in [0.4, 0.5) is 0 Å². The van der Waals surface area contributed by atoms with Crippen LogP contribution >= 0.6 is 34.5 Å². The Kier molecular flexibility index (Phi) is 5.05. The Hall–Kier alpha value is -1.07. The summed E-state index contributed by atoms with van der Waals surface area (Å²) in [6.45, 7) is 2.05. The minimum atomic E-state index is -0.130. The lowest BCUT2D eigenvalue weighted by Gasteiger charge is -2.37. The van der Waals surface area contributed by atoms with E-state index in [0.29, 0.717) is 16.6 Å². The number of hydrogen-bond donors (Lipinski definition) is 1. The largest absolute Gasteiger partial charge is 0.330 e. The zero-order valence-electron chi connectivity index (χ0n) is 13.8. The molecule has 1 amide bonds. The van der Waals surface area contributed by atoms with Gasteiger partial charge < -0.3 is 10.2 Å². The van der Waals surface area contributed by atoms with Gasteiger partial charge in [-0.25, -0.2) is 0 Å². The minimum absolute atomic E-state index is 0.130. The van der Waals surface area contributed by atoms with Crippen LogP contribution in [0.1, 0.15) is 34.9 Å². The van der Waals surface area contributed by atoms with Crippen LogP contribution in [0.25, 0.3) is 0 Å². The van der Waals surface area contributed by atoms with Crippen LogP contribution < -0.4 is 5.32 Å². The summed E-state index contributed by atoms with van der Waals surface area (Å²) in [4.78, 5) is 16.2. The molecule has 1 N–H and O–H groups in total. The molecule has 0 radical (unpaired) electrons. The maximum absolute atomic E-state index is 12.9. The van der Waals surface area contributed by atoms with E-state index in [0.717, 1.165) is 31.0 Å². The molecule has 4 rings (SSSR count). The third-order valence-electron chi connectivity index (χ3n) is 4.95. The lowest BCUT2D eigenvalue weighted by atomic mass is 9.93. The van der Waals surface area contributed by atoms with Gasteiger partial charge in [-0.3, -0.25) is 4.79 Å².